The van der Waals surface area contributed by atoms with Crippen molar-refractivity contribution >= 4 is 17.6 Å². The first-order valence-corrected chi connectivity index (χ1v) is 5.34. The van der Waals surface area contributed by atoms with Gasteiger partial charge in [-0.05, 0) is 37.0 Å². The van der Waals surface area contributed by atoms with Crippen LogP contribution >= 0.6 is 11.6 Å². The van der Waals surface area contributed by atoms with Crippen LogP contribution in [0.1, 0.15) is 36.0 Å². The Labute approximate surface area is 94.9 Å². The van der Waals surface area contributed by atoms with Crippen molar-refractivity contribution in [1.82, 2.24) is 0 Å². The number of halogens is 1. The smallest absolute Gasteiger partial charge is 0.310 e. The summed E-state index contributed by atoms with van der Waals surface area (Å²) in [5.74, 6) is -1.21. The van der Waals surface area contributed by atoms with E-state index in [-0.39, 0.29) is 0 Å². The normalized spacial score (nSPS) is 12.5. The summed E-state index contributed by atoms with van der Waals surface area (Å²) in [7, 11) is 0. The third-order valence-corrected chi connectivity index (χ3v) is 3.16. The van der Waals surface area contributed by atoms with Crippen molar-refractivity contribution < 1.29 is 9.90 Å². The van der Waals surface area contributed by atoms with E-state index < -0.39 is 11.9 Å². The molecule has 0 saturated heterocycles. The lowest BCUT2D eigenvalue weighted by atomic mass is 9.93. The molecule has 1 unspecified atom stereocenters. The van der Waals surface area contributed by atoms with Crippen molar-refractivity contribution in [2.75, 3.05) is 0 Å². The Hall–Kier alpha value is -1.02. The first kappa shape index (κ1) is 12.1. The zero-order valence-electron chi connectivity index (χ0n) is 9.17. The topological polar surface area (TPSA) is 37.3 Å². The number of carboxylic acid groups (broad SMARTS) is 1. The van der Waals surface area contributed by atoms with Gasteiger partial charge < -0.3 is 5.11 Å². The Kier molecular flexibility index (Phi) is 3.75. The van der Waals surface area contributed by atoms with Gasteiger partial charge in [0.15, 0.2) is 0 Å². The van der Waals surface area contributed by atoms with Gasteiger partial charge in [-0.1, -0.05) is 30.7 Å². The van der Waals surface area contributed by atoms with Crippen molar-refractivity contribution in [3.8, 4) is 0 Å². The largest absolute Gasteiger partial charge is 0.481 e. The van der Waals surface area contributed by atoms with Gasteiger partial charge in [0.2, 0.25) is 0 Å². The summed E-state index contributed by atoms with van der Waals surface area (Å²) in [6.45, 7) is 5.67. The molecular formula is C12H15ClO2. The highest BCUT2D eigenvalue weighted by molar-refractivity contribution is 6.32. The molecular weight excluding hydrogens is 212 g/mol. The van der Waals surface area contributed by atoms with E-state index in [1.165, 1.54) is 0 Å². The van der Waals surface area contributed by atoms with Gasteiger partial charge in [0, 0.05) is 5.02 Å². The van der Waals surface area contributed by atoms with E-state index in [1.807, 2.05) is 32.9 Å². The van der Waals surface area contributed by atoms with E-state index in [0.717, 1.165) is 21.7 Å². The lowest BCUT2D eigenvalue weighted by Gasteiger charge is -2.13. The summed E-state index contributed by atoms with van der Waals surface area (Å²) in [5, 5.41) is 9.77. The monoisotopic (exact) mass is 226 g/mol. The predicted molar refractivity (Wildman–Crippen MR) is 61.6 cm³/mol. The van der Waals surface area contributed by atoms with Crippen LogP contribution in [0.5, 0.6) is 0 Å². The standard InChI is InChI=1S/C12H15ClO2/c1-4-10(12(14)15)9-5-7(2)11(13)8(3)6-9/h5-6,10H,4H2,1-3H3,(H,14,15). The Morgan fingerprint density at radius 2 is 1.87 bits per heavy atom. The predicted octanol–water partition coefficient (Wildman–Crippen LogP) is 3.54. The molecule has 0 fully saturated rings. The summed E-state index contributed by atoms with van der Waals surface area (Å²) in [6.07, 6.45) is 0.593. The van der Waals surface area contributed by atoms with E-state index in [0.29, 0.717) is 6.42 Å². The molecule has 2 nitrogen and oxygen atoms in total. The summed E-state index contributed by atoms with van der Waals surface area (Å²) in [4.78, 5) is 11.0. The SMILES string of the molecule is CCC(C(=O)O)c1cc(C)c(Cl)c(C)c1. The number of hydrogen-bond donors (Lipinski definition) is 1. The molecule has 1 atom stereocenters. The fourth-order valence-corrected chi connectivity index (χ4v) is 1.84. The fourth-order valence-electron chi connectivity index (χ4n) is 1.73. The molecule has 1 aromatic carbocycles. The minimum atomic E-state index is -0.779. The van der Waals surface area contributed by atoms with Gasteiger partial charge >= 0.3 is 5.97 Å². The molecule has 1 N–H and O–H groups in total. The average Bonchev–Trinajstić information content (AvgIpc) is 2.14. The lowest BCUT2D eigenvalue weighted by molar-refractivity contribution is -0.138. The number of carbonyl (C=O) groups is 1. The van der Waals surface area contributed by atoms with Crippen molar-refractivity contribution in [2.45, 2.75) is 33.1 Å². The van der Waals surface area contributed by atoms with Crippen LogP contribution in [-0.4, -0.2) is 11.1 Å². The average molecular weight is 227 g/mol. The number of rotatable bonds is 3. The summed E-state index contributed by atoms with van der Waals surface area (Å²) < 4.78 is 0. The molecule has 1 aromatic rings. The van der Waals surface area contributed by atoms with Crippen LogP contribution in [0.3, 0.4) is 0 Å². The van der Waals surface area contributed by atoms with Gasteiger partial charge in [-0.15, -0.1) is 0 Å². The number of aryl methyl sites for hydroxylation is 2. The van der Waals surface area contributed by atoms with Gasteiger partial charge in [0.05, 0.1) is 5.92 Å². The molecule has 0 heterocycles. The second kappa shape index (κ2) is 4.67. The number of aliphatic carboxylic acids is 1. The van der Waals surface area contributed by atoms with Gasteiger partial charge in [0.25, 0.3) is 0 Å². The first-order valence-electron chi connectivity index (χ1n) is 4.96. The second-order valence-corrected chi connectivity index (χ2v) is 4.15. The van der Waals surface area contributed by atoms with Crippen molar-refractivity contribution in [3.05, 3.63) is 33.8 Å². The molecule has 0 saturated carbocycles. The molecule has 82 valence electrons. The Morgan fingerprint density at radius 1 is 1.40 bits per heavy atom. The summed E-state index contributed by atoms with van der Waals surface area (Å²) >= 11 is 6.03. The van der Waals surface area contributed by atoms with Gasteiger partial charge in [-0.25, -0.2) is 0 Å². The molecule has 0 spiro atoms. The summed E-state index contributed by atoms with van der Waals surface area (Å²) in [5.41, 5.74) is 2.71. The van der Waals surface area contributed by atoms with Crippen LogP contribution in [0.25, 0.3) is 0 Å². The highest BCUT2D eigenvalue weighted by Gasteiger charge is 2.18. The highest BCUT2D eigenvalue weighted by atomic mass is 35.5. The van der Waals surface area contributed by atoms with Gasteiger partial charge in [-0.2, -0.15) is 0 Å². The third kappa shape index (κ3) is 2.51. The van der Waals surface area contributed by atoms with Crippen LogP contribution in [-0.2, 0) is 4.79 Å². The Morgan fingerprint density at radius 3 is 2.20 bits per heavy atom. The molecule has 0 aliphatic rings. The van der Waals surface area contributed by atoms with E-state index in [1.54, 1.807) is 0 Å². The number of carboxylic acids is 1. The maximum atomic E-state index is 11.0. The molecule has 0 aliphatic carbocycles. The van der Waals surface area contributed by atoms with Crippen LogP contribution < -0.4 is 0 Å². The second-order valence-electron chi connectivity index (χ2n) is 3.77. The van der Waals surface area contributed by atoms with Crippen molar-refractivity contribution in [1.29, 1.82) is 0 Å². The highest BCUT2D eigenvalue weighted by Crippen LogP contribution is 2.27. The zero-order valence-corrected chi connectivity index (χ0v) is 9.93. The minimum Gasteiger partial charge on any atom is -0.481 e. The molecule has 0 aliphatic heterocycles. The molecule has 0 aromatic heterocycles. The third-order valence-electron chi connectivity index (χ3n) is 2.57. The molecule has 15 heavy (non-hydrogen) atoms. The van der Waals surface area contributed by atoms with Crippen LogP contribution in [0.2, 0.25) is 5.02 Å². The van der Waals surface area contributed by atoms with E-state index in [2.05, 4.69) is 0 Å². The van der Waals surface area contributed by atoms with Crippen LogP contribution in [0.4, 0.5) is 0 Å². The van der Waals surface area contributed by atoms with Gasteiger partial charge in [0.1, 0.15) is 0 Å². The zero-order chi connectivity index (χ0) is 11.6. The lowest BCUT2D eigenvalue weighted by Crippen LogP contribution is -2.11. The maximum Gasteiger partial charge on any atom is 0.310 e. The van der Waals surface area contributed by atoms with Crippen LogP contribution in [0.15, 0.2) is 12.1 Å². The van der Waals surface area contributed by atoms with Crippen molar-refractivity contribution in [3.63, 3.8) is 0 Å². The molecule has 0 amide bonds. The quantitative estimate of drug-likeness (QED) is 0.856. The number of hydrogen-bond acceptors (Lipinski definition) is 1. The molecule has 0 radical (unpaired) electrons. The van der Waals surface area contributed by atoms with Gasteiger partial charge in [-0.3, -0.25) is 4.79 Å². The minimum absolute atomic E-state index is 0.431. The molecule has 3 heteroatoms. The molecule has 0 bridgehead atoms. The van der Waals surface area contributed by atoms with E-state index in [9.17, 15) is 4.79 Å². The first-order chi connectivity index (χ1) is 6.97. The fraction of sp³-hybridized carbons (Fsp3) is 0.417. The summed E-state index contributed by atoms with van der Waals surface area (Å²) in [6, 6.07) is 3.72. The van der Waals surface area contributed by atoms with E-state index >= 15 is 0 Å². The maximum absolute atomic E-state index is 11.0. The van der Waals surface area contributed by atoms with E-state index in [4.69, 9.17) is 16.7 Å². The Balaban J connectivity index is 3.20. The Bertz CT molecular complexity index is 362. The van der Waals surface area contributed by atoms with Crippen LogP contribution in [0, 0.1) is 13.8 Å². The molecule has 1 rings (SSSR count). The van der Waals surface area contributed by atoms with Crippen molar-refractivity contribution in [2.24, 2.45) is 0 Å². The number of benzene rings is 1.